The highest BCUT2D eigenvalue weighted by atomic mass is 16.6. The Bertz CT molecular complexity index is 946. The summed E-state index contributed by atoms with van der Waals surface area (Å²) in [6, 6.07) is 13.5. The number of carbonyl (C=O) groups excluding carboxylic acids is 2. The summed E-state index contributed by atoms with van der Waals surface area (Å²) in [7, 11) is 0. The van der Waals surface area contributed by atoms with Gasteiger partial charge in [-0.05, 0) is 50.8 Å². The molecule has 0 saturated carbocycles. The summed E-state index contributed by atoms with van der Waals surface area (Å²) in [6.45, 7) is 9.71. The number of amides is 2. The predicted molar refractivity (Wildman–Crippen MR) is 130 cm³/mol. The van der Waals surface area contributed by atoms with Crippen LogP contribution < -0.4 is 10.6 Å². The Morgan fingerprint density at radius 2 is 1.85 bits per heavy atom. The van der Waals surface area contributed by atoms with E-state index < -0.39 is 29.9 Å². The third-order valence-electron chi connectivity index (χ3n) is 5.68. The number of aliphatic hydroxyl groups excluding tert-OH is 1. The number of hydrogen-bond donors (Lipinski definition) is 3. The fraction of sp³-hybridized carbons (Fsp3) is 0.500. The molecule has 0 radical (unpaired) electrons. The number of hydrogen-bond acceptors (Lipinski definition) is 6. The van der Waals surface area contributed by atoms with Gasteiger partial charge in [0.05, 0.1) is 30.6 Å². The van der Waals surface area contributed by atoms with Crippen LogP contribution in [0.25, 0.3) is 0 Å². The molecule has 2 heterocycles. The monoisotopic (exact) mass is 468 g/mol. The first kappa shape index (κ1) is 25.6. The molecule has 1 aromatic heterocycles. The number of nitrogens with zero attached hydrogens (tertiary/aromatic N) is 2. The Labute approximate surface area is 201 Å². The summed E-state index contributed by atoms with van der Waals surface area (Å²) in [5, 5.41) is 17.5. The number of carbonyl (C=O) groups is 2. The van der Waals surface area contributed by atoms with Crippen LogP contribution in [0.2, 0.25) is 0 Å². The lowest BCUT2D eigenvalue weighted by atomic mass is 9.96. The van der Waals surface area contributed by atoms with Gasteiger partial charge < -0.3 is 20.1 Å². The van der Waals surface area contributed by atoms with Gasteiger partial charge in [0.2, 0.25) is 5.91 Å². The molecule has 4 atom stereocenters. The lowest BCUT2D eigenvalue weighted by Gasteiger charge is -2.29. The number of alkyl carbamates (subject to hydrolysis) is 1. The van der Waals surface area contributed by atoms with E-state index in [-0.39, 0.29) is 18.0 Å². The zero-order valence-corrected chi connectivity index (χ0v) is 20.6. The second-order valence-electron chi connectivity index (χ2n) is 10.1. The van der Waals surface area contributed by atoms with Crippen molar-refractivity contribution < 1.29 is 19.4 Å². The van der Waals surface area contributed by atoms with Crippen molar-refractivity contribution in [3.8, 4) is 0 Å². The molecule has 34 heavy (non-hydrogen) atoms. The Balaban J connectivity index is 1.82. The maximum absolute atomic E-state index is 13.5. The number of benzene rings is 1. The predicted octanol–water partition coefficient (Wildman–Crippen LogP) is 2.86. The highest BCUT2D eigenvalue weighted by molar-refractivity contribution is 5.85. The van der Waals surface area contributed by atoms with Crippen molar-refractivity contribution in [2.75, 3.05) is 0 Å². The number of aliphatic hydroxyl groups is 1. The Morgan fingerprint density at radius 3 is 2.44 bits per heavy atom. The number of aromatic nitrogens is 1. The third-order valence-corrected chi connectivity index (χ3v) is 5.68. The molecule has 0 aliphatic carbocycles. The second-order valence-corrected chi connectivity index (χ2v) is 10.1. The van der Waals surface area contributed by atoms with Crippen molar-refractivity contribution in [2.24, 2.45) is 5.92 Å². The van der Waals surface area contributed by atoms with E-state index in [1.165, 1.54) is 0 Å². The standard InChI is InChI=1S/C26H36N4O4/c1-17(2)23-29-21(24(32)30(23)16-19-13-9-10-14-27-19)22(31)20(15-18-11-7-6-8-12-18)28-25(33)34-26(3,4)5/h6-14,17,20-23,29,31H,15-16H2,1-5H3,(H,28,33)/t20-,21-,22-,23?/m0/s1. The van der Waals surface area contributed by atoms with Crippen LogP contribution >= 0.6 is 0 Å². The molecule has 0 bridgehead atoms. The largest absolute Gasteiger partial charge is 0.444 e. The maximum Gasteiger partial charge on any atom is 0.407 e. The minimum absolute atomic E-state index is 0.108. The quantitative estimate of drug-likeness (QED) is 0.550. The van der Waals surface area contributed by atoms with Gasteiger partial charge in [-0.1, -0.05) is 50.2 Å². The van der Waals surface area contributed by atoms with Gasteiger partial charge in [0, 0.05) is 6.20 Å². The van der Waals surface area contributed by atoms with E-state index in [9.17, 15) is 14.7 Å². The lowest BCUT2D eigenvalue weighted by Crippen LogP contribution is -2.55. The van der Waals surface area contributed by atoms with E-state index in [0.29, 0.717) is 13.0 Å². The maximum atomic E-state index is 13.5. The molecule has 1 saturated heterocycles. The van der Waals surface area contributed by atoms with E-state index in [0.717, 1.165) is 11.3 Å². The van der Waals surface area contributed by atoms with Gasteiger partial charge in [0.25, 0.3) is 0 Å². The molecule has 2 aromatic rings. The molecule has 1 aromatic carbocycles. The molecule has 8 nitrogen and oxygen atoms in total. The zero-order valence-electron chi connectivity index (χ0n) is 20.6. The Morgan fingerprint density at radius 1 is 1.18 bits per heavy atom. The van der Waals surface area contributed by atoms with Gasteiger partial charge >= 0.3 is 6.09 Å². The van der Waals surface area contributed by atoms with Crippen LogP contribution in [-0.2, 0) is 22.5 Å². The van der Waals surface area contributed by atoms with E-state index in [1.807, 2.05) is 62.4 Å². The van der Waals surface area contributed by atoms with Gasteiger partial charge in [-0.15, -0.1) is 0 Å². The second kappa shape index (κ2) is 11.0. The van der Waals surface area contributed by atoms with Crippen LogP contribution in [0.4, 0.5) is 4.79 Å². The van der Waals surface area contributed by atoms with Gasteiger partial charge in [-0.2, -0.15) is 0 Å². The minimum Gasteiger partial charge on any atom is -0.444 e. The van der Waals surface area contributed by atoms with Crippen molar-refractivity contribution in [3.05, 3.63) is 66.0 Å². The summed E-state index contributed by atoms with van der Waals surface area (Å²) in [4.78, 5) is 32.1. The molecular weight excluding hydrogens is 432 g/mol. The van der Waals surface area contributed by atoms with Gasteiger partial charge in [0.1, 0.15) is 11.6 Å². The first-order chi connectivity index (χ1) is 16.0. The van der Waals surface area contributed by atoms with Crippen molar-refractivity contribution in [3.63, 3.8) is 0 Å². The van der Waals surface area contributed by atoms with Gasteiger partial charge in [-0.3, -0.25) is 15.1 Å². The van der Waals surface area contributed by atoms with Crippen LogP contribution in [0.5, 0.6) is 0 Å². The zero-order chi connectivity index (χ0) is 24.9. The molecule has 3 rings (SSSR count). The van der Waals surface area contributed by atoms with Crippen molar-refractivity contribution >= 4 is 12.0 Å². The summed E-state index contributed by atoms with van der Waals surface area (Å²) >= 11 is 0. The van der Waals surface area contributed by atoms with Gasteiger partial charge in [-0.25, -0.2) is 4.79 Å². The SMILES string of the molecule is CC(C)C1N[C@@H]([C@@H](O)[C@H](Cc2ccccc2)NC(=O)OC(C)(C)C)C(=O)N1Cc1ccccn1. The van der Waals surface area contributed by atoms with Crippen LogP contribution in [-0.4, -0.2) is 56.9 Å². The fourth-order valence-electron chi connectivity index (χ4n) is 4.12. The average Bonchev–Trinajstić information content (AvgIpc) is 3.09. The molecule has 3 N–H and O–H groups in total. The van der Waals surface area contributed by atoms with Crippen molar-refractivity contribution in [1.29, 1.82) is 0 Å². The topological polar surface area (TPSA) is 104 Å². The molecule has 1 aliphatic heterocycles. The summed E-state index contributed by atoms with van der Waals surface area (Å²) in [6.07, 6.45) is -0.0353. The van der Waals surface area contributed by atoms with E-state index >= 15 is 0 Å². The van der Waals surface area contributed by atoms with Crippen LogP contribution in [0.1, 0.15) is 45.9 Å². The molecule has 2 amide bonds. The fourth-order valence-corrected chi connectivity index (χ4v) is 4.12. The molecule has 1 fully saturated rings. The van der Waals surface area contributed by atoms with Crippen molar-refractivity contribution in [1.82, 2.24) is 20.5 Å². The minimum atomic E-state index is -1.17. The molecule has 1 aliphatic rings. The number of ether oxygens (including phenoxy) is 1. The lowest BCUT2D eigenvalue weighted by molar-refractivity contribution is -0.133. The number of pyridine rings is 1. The van der Waals surface area contributed by atoms with Crippen LogP contribution in [0.3, 0.4) is 0 Å². The molecule has 8 heteroatoms. The normalized spacial score (nSPS) is 20.3. The summed E-state index contributed by atoms with van der Waals surface area (Å²) in [5.41, 5.74) is 1.01. The van der Waals surface area contributed by atoms with E-state index in [2.05, 4.69) is 15.6 Å². The van der Waals surface area contributed by atoms with Gasteiger partial charge in [0.15, 0.2) is 0 Å². The van der Waals surface area contributed by atoms with E-state index in [4.69, 9.17) is 4.74 Å². The van der Waals surface area contributed by atoms with Crippen LogP contribution in [0, 0.1) is 5.92 Å². The van der Waals surface area contributed by atoms with Crippen LogP contribution in [0.15, 0.2) is 54.7 Å². The van der Waals surface area contributed by atoms with Crippen molar-refractivity contribution in [2.45, 2.75) is 77.5 Å². The highest BCUT2D eigenvalue weighted by Gasteiger charge is 2.46. The Hall–Kier alpha value is -2.97. The first-order valence-corrected chi connectivity index (χ1v) is 11.7. The summed E-state index contributed by atoms with van der Waals surface area (Å²) < 4.78 is 5.42. The number of rotatable bonds is 8. The third kappa shape index (κ3) is 6.77. The summed E-state index contributed by atoms with van der Waals surface area (Å²) in [5.74, 6) is -0.114. The average molecular weight is 469 g/mol. The number of nitrogens with one attached hydrogen (secondary N) is 2. The molecular formula is C26H36N4O4. The smallest absolute Gasteiger partial charge is 0.407 e. The molecule has 1 unspecified atom stereocenters. The molecule has 0 spiro atoms. The first-order valence-electron chi connectivity index (χ1n) is 11.7. The highest BCUT2D eigenvalue weighted by Crippen LogP contribution is 2.23. The molecule has 184 valence electrons. The van der Waals surface area contributed by atoms with E-state index in [1.54, 1.807) is 31.9 Å². The Kier molecular flexibility index (Phi) is 8.28.